The van der Waals surface area contributed by atoms with Crippen molar-refractivity contribution in [2.75, 3.05) is 0 Å². The molecule has 0 bridgehead atoms. The molecule has 0 fully saturated rings. The third-order valence-corrected chi connectivity index (χ3v) is 5.24. The molecule has 0 atom stereocenters. The lowest BCUT2D eigenvalue weighted by atomic mass is 9.78. The maximum atomic E-state index is 10.5. The first-order chi connectivity index (χ1) is 12.6. The van der Waals surface area contributed by atoms with E-state index in [0.29, 0.717) is 0 Å². The number of aromatic hydroxyl groups is 2. The molecule has 0 saturated carbocycles. The molecule has 0 saturated heterocycles. The molecule has 0 aliphatic heterocycles. The molecule has 0 heterocycles. The summed E-state index contributed by atoms with van der Waals surface area (Å²) in [6.07, 6.45) is 0. The summed E-state index contributed by atoms with van der Waals surface area (Å²) in [7, 11) is -4.02. The van der Waals surface area contributed by atoms with E-state index < -0.39 is 7.60 Å². The quantitative estimate of drug-likeness (QED) is 0.512. The normalized spacial score (nSPS) is 11.4. The molecule has 0 aliphatic carbocycles. The maximum absolute atomic E-state index is 10.5. The zero-order valence-corrected chi connectivity index (χ0v) is 16.0. The van der Waals surface area contributed by atoms with E-state index in [-0.39, 0.29) is 22.2 Å². The topological polar surface area (TPSA) is 98.0 Å². The Bertz CT molecular complexity index is 850. The molecular formula is C21H23O5P. The van der Waals surface area contributed by atoms with Gasteiger partial charge in [0.15, 0.2) is 0 Å². The lowest BCUT2D eigenvalue weighted by molar-refractivity contribution is 0.387. The summed E-state index contributed by atoms with van der Waals surface area (Å²) < 4.78 is 10.5. The second-order valence-electron chi connectivity index (χ2n) is 6.60. The minimum Gasteiger partial charge on any atom is -0.508 e. The molecule has 6 heteroatoms. The number of rotatable bonds is 3. The summed E-state index contributed by atoms with van der Waals surface area (Å²) in [5.74, 6) is 0.547. The van der Waals surface area contributed by atoms with E-state index in [2.05, 4.69) is 13.8 Å². The Labute approximate surface area is 158 Å². The van der Waals surface area contributed by atoms with Crippen LogP contribution in [0.1, 0.15) is 25.0 Å². The first-order valence-corrected chi connectivity index (χ1v) is 9.92. The Balaban J connectivity index is 0.000000223. The van der Waals surface area contributed by atoms with Gasteiger partial charge in [0.05, 0.1) is 5.30 Å². The summed E-state index contributed by atoms with van der Waals surface area (Å²) in [5, 5.41) is 18.7. The van der Waals surface area contributed by atoms with Gasteiger partial charge in [-0.3, -0.25) is 4.57 Å². The minimum absolute atomic E-state index is 0.0648. The van der Waals surface area contributed by atoms with Gasteiger partial charge in [0, 0.05) is 5.41 Å². The Kier molecular flexibility index (Phi) is 6.45. The number of hydrogen-bond donors (Lipinski definition) is 4. The monoisotopic (exact) mass is 386 g/mol. The van der Waals surface area contributed by atoms with Crippen LogP contribution >= 0.6 is 7.60 Å². The maximum Gasteiger partial charge on any atom is 0.356 e. The molecule has 0 unspecified atom stereocenters. The van der Waals surface area contributed by atoms with Crippen LogP contribution in [0.5, 0.6) is 11.5 Å². The fourth-order valence-electron chi connectivity index (χ4n) is 2.55. The highest BCUT2D eigenvalue weighted by molar-refractivity contribution is 7.60. The molecule has 3 aromatic rings. The van der Waals surface area contributed by atoms with Gasteiger partial charge in [-0.25, -0.2) is 0 Å². The van der Waals surface area contributed by atoms with E-state index in [0.717, 1.165) is 11.1 Å². The summed E-state index contributed by atoms with van der Waals surface area (Å²) >= 11 is 0. The fraction of sp³-hybridized carbons (Fsp3) is 0.143. The average molecular weight is 386 g/mol. The van der Waals surface area contributed by atoms with E-state index in [1.165, 1.54) is 12.1 Å². The summed E-state index contributed by atoms with van der Waals surface area (Å²) in [4.78, 5) is 17.2. The predicted octanol–water partition coefficient (Wildman–Crippen LogP) is 3.91. The highest BCUT2D eigenvalue weighted by Crippen LogP contribution is 2.33. The molecule has 0 spiro atoms. The largest absolute Gasteiger partial charge is 0.508 e. The van der Waals surface area contributed by atoms with Gasteiger partial charge in [-0.2, -0.15) is 0 Å². The molecule has 3 rings (SSSR count). The van der Waals surface area contributed by atoms with Gasteiger partial charge in [0.1, 0.15) is 11.5 Å². The van der Waals surface area contributed by atoms with E-state index in [9.17, 15) is 14.8 Å². The highest BCUT2D eigenvalue weighted by Gasteiger charge is 2.22. The molecule has 0 radical (unpaired) electrons. The lowest BCUT2D eigenvalue weighted by Gasteiger charge is -2.26. The van der Waals surface area contributed by atoms with Crippen molar-refractivity contribution in [1.29, 1.82) is 0 Å². The van der Waals surface area contributed by atoms with Crippen LogP contribution in [0.3, 0.4) is 0 Å². The molecule has 0 amide bonds. The van der Waals surface area contributed by atoms with Crippen molar-refractivity contribution in [2.24, 2.45) is 0 Å². The van der Waals surface area contributed by atoms with Crippen LogP contribution in [-0.2, 0) is 9.98 Å². The first kappa shape index (κ1) is 20.7. The van der Waals surface area contributed by atoms with Crippen LogP contribution in [0.2, 0.25) is 0 Å². The van der Waals surface area contributed by atoms with Crippen LogP contribution in [0.15, 0.2) is 78.9 Å². The van der Waals surface area contributed by atoms with Crippen LogP contribution < -0.4 is 5.30 Å². The van der Waals surface area contributed by atoms with Crippen LogP contribution in [0.25, 0.3) is 0 Å². The van der Waals surface area contributed by atoms with Gasteiger partial charge < -0.3 is 20.0 Å². The lowest BCUT2D eigenvalue weighted by Crippen LogP contribution is -2.18. The third kappa shape index (κ3) is 5.69. The van der Waals surface area contributed by atoms with Crippen molar-refractivity contribution in [2.45, 2.75) is 19.3 Å². The minimum atomic E-state index is -4.02. The van der Waals surface area contributed by atoms with E-state index in [1.54, 1.807) is 42.5 Å². The number of hydrogen-bond acceptors (Lipinski definition) is 3. The van der Waals surface area contributed by atoms with E-state index in [4.69, 9.17) is 9.79 Å². The number of phenols is 2. The summed E-state index contributed by atoms with van der Waals surface area (Å²) in [5.41, 5.74) is 2.10. The Morgan fingerprint density at radius 1 is 0.667 bits per heavy atom. The van der Waals surface area contributed by atoms with Gasteiger partial charge in [0.25, 0.3) is 0 Å². The number of phenolic OH excluding ortho intramolecular Hbond substituents is 2. The molecule has 142 valence electrons. The zero-order valence-electron chi connectivity index (χ0n) is 15.1. The molecule has 0 aromatic heterocycles. The van der Waals surface area contributed by atoms with Crippen LogP contribution in [0.4, 0.5) is 0 Å². The highest BCUT2D eigenvalue weighted by atomic mass is 31.2. The summed E-state index contributed by atoms with van der Waals surface area (Å²) in [6.45, 7) is 4.23. The van der Waals surface area contributed by atoms with Crippen LogP contribution in [0, 0.1) is 0 Å². The van der Waals surface area contributed by atoms with E-state index >= 15 is 0 Å². The zero-order chi connectivity index (χ0) is 20.1. The Hall–Kier alpha value is -2.59. The fourth-order valence-corrected chi connectivity index (χ4v) is 3.11. The standard InChI is InChI=1S/C15H16O2.C6H7O3P/c1-15(2,11-3-7-13(16)8-4-11)12-5-9-14(17)10-6-12;7-10(8,9)6-4-2-1-3-5-6/h3-10,16-17H,1-2H3;1-5H,(H2,7,8,9). The van der Waals surface area contributed by atoms with Gasteiger partial charge in [0.2, 0.25) is 0 Å². The smallest absolute Gasteiger partial charge is 0.356 e. The average Bonchev–Trinajstić information content (AvgIpc) is 2.63. The van der Waals surface area contributed by atoms with Crippen molar-refractivity contribution in [3.05, 3.63) is 90.0 Å². The van der Waals surface area contributed by atoms with Crippen molar-refractivity contribution in [1.82, 2.24) is 0 Å². The SMILES string of the molecule is CC(C)(c1ccc(O)cc1)c1ccc(O)cc1.O=P(O)(O)c1ccccc1. The summed E-state index contributed by atoms with van der Waals surface area (Å²) in [6, 6.07) is 22.1. The molecule has 27 heavy (non-hydrogen) atoms. The van der Waals surface area contributed by atoms with Crippen molar-refractivity contribution < 1.29 is 24.6 Å². The van der Waals surface area contributed by atoms with Crippen molar-refractivity contribution in [3.8, 4) is 11.5 Å². The van der Waals surface area contributed by atoms with Gasteiger partial charge in [-0.1, -0.05) is 56.3 Å². The molecule has 4 N–H and O–H groups in total. The van der Waals surface area contributed by atoms with Crippen molar-refractivity contribution in [3.63, 3.8) is 0 Å². The van der Waals surface area contributed by atoms with Crippen molar-refractivity contribution >= 4 is 12.9 Å². The van der Waals surface area contributed by atoms with E-state index in [1.807, 2.05) is 24.3 Å². The van der Waals surface area contributed by atoms with Crippen LogP contribution in [-0.4, -0.2) is 20.0 Å². The van der Waals surface area contributed by atoms with Gasteiger partial charge >= 0.3 is 7.60 Å². The third-order valence-electron chi connectivity index (χ3n) is 4.27. The number of benzene rings is 3. The second kappa shape index (κ2) is 8.40. The predicted molar refractivity (Wildman–Crippen MR) is 106 cm³/mol. The first-order valence-electron chi connectivity index (χ1n) is 8.31. The molecular weight excluding hydrogens is 363 g/mol. The van der Waals surface area contributed by atoms with Gasteiger partial charge in [-0.15, -0.1) is 0 Å². The Morgan fingerprint density at radius 2 is 1.04 bits per heavy atom. The second-order valence-corrected chi connectivity index (χ2v) is 8.20. The molecule has 0 aliphatic rings. The molecule has 5 nitrogen and oxygen atoms in total. The Morgan fingerprint density at radius 3 is 1.33 bits per heavy atom. The molecule has 3 aromatic carbocycles. The van der Waals surface area contributed by atoms with Gasteiger partial charge in [-0.05, 0) is 47.5 Å².